The molecule has 0 saturated heterocycles. The minimum absolute atomic E-state index is 1.06. The third-order valence-corrected chi connectivity index (χ3v) is 1.72. The van der Waals surface area contributed by atoms with E-state index in [1.807, 2.05) is 12.2 Å². The number of hydrogen-bond donors (Lipinski definition) is 0. The summed E-state index contributed by atoms with van der Waals surface area (Å²) >= 11 is 0. The van der Waals surface area contributed by atoms with Crippen LogP contribution in [0.1, 0.15) is 26.7 Å². The van der Waals surface area contributed by atoms with Gasteiger partial charge in [-0.1, -0.05) is 51.3 Å². The Balaban J connectivity index is 4.67. The Labute approximate surface area is 76.0 Å². The van der Waals surface area contributed by atoms with Crippen LogP contribution in [0.2, 0.25) is 0 Å². The highest BCUT2D eigenvalue weighted by Gasteiger charge is 1.95. The minimum Gasteiger partial charge on any atom is -0.0990 e. The number of hydrogen-bond acceptors (Lipinski definition) is 0. The molecule has 0 aromatic carbocycles. The van der Waals surface area contributed by atoms with Gasteiger partial charge in [0.15, 0.2) is 0 Å². The van der Waals surface area contributed by atoms with E-state index in [9.17, 15) is 0 Å². The van der Waals surface area contributed by atoms with Crippen molar-refractivity contribution in [2.45, 2.75) is 26.7 Å². The Kier molecular flexibility index (Phi) is 6.08. The third kappa shape index (κ3) is 3.38. The predicted octanol–water partition coefficient (Wildman–Crippen LogP) is 4.03. The van der Waals surface area contributed by atoms with Gasteiger partial charge in [-0.3, -0.25) is 0 Å². The fourth-order valence-electron chi connectivity index (χ4n) is 1.15. The lowest BCUT2D eigenvalue weighted by Crippen LogP contribution is -1.84. The Morgan fingerprint density at radius 1 is 1.25 bits per heavy atom. The molecular formula is C12H18. The highest BCUT2D eigenvalue weighted by Crippen LogP contribution is 2.15. The van der Waals surface area contributed by atoms with Crippen LogP contribution >= 0.6 is 0 Å². The van der Waals surface area contributed by atoms with E-state index >= 15 is 0 Å². The Bertz CT molecular complexity index is 204. The molecule has 66 valence electrons. The minimum atomic E-state index is 1.06. The van der Waals surface area contributed by atoms with Crippen molar-refractivity contribution in [3.8, 4) is 0 Å². The van der Waals surface area contributed by atoms with E-state index in [-0.39, 0.29) is 0 Å². The summed E-state index contributed by atoms with van der Waals surface area (Å²) in [6.45, 7) is 11.7. The average Bonchev–Trinajstić information content (AvgIpc) is 2.11. The quantitative estimate of drug-likeness (QED) is 0.535. The van der Waals surface area contributed by atoms with E-state index in [1.54, 1.807) is 6.08 Å². The molecule has 0 atom stereocenters. The Morgan fingerprint density at radius 2 is 1.92 bits per heavy atom. The first-order valence-corrected chi connectivity index (χ1v) is 4.44. The molecular weight excluding hydrogens is 144 g/mol. The largest absolute Gasteiger partial charge is 0.0990 e. The molecule has 0 aliphatic heterocycles. The second kappa shape index (κ2) is 6.66. The fraction of sp³-hybridized carbons (Fsp3) is 0.333. The summed E-state index contributed by atoms with van der Waals surface area (Å²) in [7, 11) is 0. The molecule has 0 heterocycles. The van der Waals surface area contributed by atoms with Crippen molar-refractivity contribution < 1.29 is 0 Å². The van der Waals surface area contributed by atoms with Crippen molar-refractivity contribution in [1.29, 1.82) is 0 Å². The van der Waals surface area contributed by atoms with Crippen LogP contribution in [0.5, 0.6) is 0 Å². The van der Waals surface area contributed by atoms with Gasteiger partial charge in [-0.15, -0.1) is 0 Å². The average molecular weight is 162 g/mol. The summed E-state index contributed by atoms with van der Waals surface area (Å²) < 4.78 is 0. The Hall–Kier alpha value is -1.04. The lowest BCUT2D eigenvalue weighted by Gasteiger charge is -2.03. The molecule has 0 fully saturated rings. The van der Waals surface area contributed by atoms with Crippen LogP contribution < -0.4 is 0 Å². The second-order valence-electron chi connectivity index (χ2n) is 2.55. The summed E-state index contributed by atoms with van der Waals surface area (Å²) in [5.74, 6) is 0. The molecule has 0 rings (SSSR count). The van der Waals surface area contributed by atoms with E-state index in [0.29, 0.717) is 0 Å². The van der Waals surface area contributed by atoms with Gasteiger partial charge in [0.1, 0.15) is 0 Å². The topological polar surface area (TPSA) is 0 Å². The highest BCUT2D eigenvalue weighted by molar-refractivity contribution is 5.40. The molecule has 0 N–H and O–H groups in total. The molecule has 0 spiro atoms. The first-order chi connectivity index (χ1) is 5.79. The van der Waals surface area contributed by atoms with Crippen LogP contribution in [0.25, 0.3) is 0 Å². The molecule has 0 amide bonds. The molecule has 0 bridgehead atoms. The molecule has 12 heavy (non-hydrogen) atoms. The molecule has 0 heteroatoms. The van der Waals surface area contributed by atoms with Gasteiger partial charge >= 0.3 is 0 Å². The SMILES string of the molecule is C=C/C=C(C=C)/C(=C/CC)CC. The molecule has 0 nitrogen and oxygen atoms in total. The van der Waals surface area contributed by atoms with Crippen LogP contribution in [0.4, 0.5) is 0 Å². The first-order valence-electron chi connectivity index (χ1n) is 4.44. The van der Waals surface area contributed by atoms with Crippen molar-refractivity contribution in [2.24, 2.45) is 0 Å². The summed E-state index contributed by atoms with van der Waals surface area (Å²) in [6, 6.07) is 0. The van der Waals surface area contributed by atoms with E-state index in [2.05, 4.69) is 33.1 Å². The zero-order valence-electron chi connectivity index (χ0n) is 8.14. The molecule has 0 aromatic heterocycles. The van der Waals surface area contributed by atoms with Crippen molar-refractivity contribution in [3.63, 3.8) is 0 Å². The highest BCUT2D eigenvalue weighted by atomic mass is 14.0. The fourth-order valence-corrected chi connectivity index (χ4v) is 1.15. The van der Waals surface area contributed by atoms with Gasteiger partial charge in [0, 0.05) is 0 Å². The Morgan fingerprint density at radius 3 is 2.25 bits per heavy atom. The molecule has 0 aliphatic rings. The third-order valence-electron chi connectivity index (χ3n) is 1.72. The molecule has 0 aromatic rings. The lowest BCUT2D eigenvalue weighted by molar-refractivity contribution is 1.08. The van der Waals surface area contributed by atoms with Crippen LogP contribution in [-0.4, -0.2) is 0 Å². The molecule has 0 unspecified atom stereocenters. The van der Waals surface area contributed by atoms with Crippen LogP contribution in [0.3, 0.4) is 0 Å². The van der Waals surface area contributed by atoms with Crippen molar-refractivity contribution in [2.75, 3.05) is 0 Å². The van der Waals surface area contributed by atoms with Gasteiger partial charge in [-0.05, 0) is 24.0 Å². The monoisotopic (exact) mass is 162 g/mol. The van der Waals surface area contributed by atoms with Crippen molar-refractivity contribution >= 4 is 0 Å². The second-order valence-corrected chi connectivity index (χ2v) is 2.55. The van der Waals surface area contributed by atoms with E-state index in [4.69, 9.17) is 0 Å². The maximum Gasteiger partial charge on any atom is -0.0234 e. The summed E-state index contributed by atoms with van der Waals surface area (Å²) in [6.07, 6.45) is 10.0. The van der Waals surface area contributed by atoms with Gasteiger partial charge in [0.05, 0.1) is 0 Å². The van der Waals surface area contributed by atoms with Gasteiger partial charge in [-0.2, -0.15) is 0 Å². The lowest BCUT2D eigenvalue weighted by atomic mass is 10.0. The van der Waals surface area contributed by atoms with Gasteiger partial charge < -0.3 is 0 Å². The zero-order chi connectivity index (χ0) is 9.40. The molecule has 0 radical (unpaired) electrons. The van der Waals surface area contributed by atoms with Gasteiger partial charge in [0.25, 0.3) is 0 Å². The van der Waals surface area contributed by atoms with E-state index < -0.39 is 0 Å². The van der Waals surface area contributed by atoms with Crippen LogP contribution in [-0.2, 0) is 0 Å². The molecule has 0 aliphatic carbocycles. The standard InChI is InChI=1S/C12H18/c1-5-9-11(7-3)12(8-4)10-6-2/h5,7,9-10H,1,3,6,8H2,2,4H3/b11-9+,12-10+. The zero-order valence-corrected chi connectivity index (χ0v) is 8.14. The van der Waals surface area contributed by atoms with Crippen LogP contribution in [0, 0.1) is 0 Å². The summed E-state index contributed by atoms with van der Waals surface area (Å²) in [5, 5.41) is 0. The molecule has 0 saturated carbocycles. The van der Waals surface area contributed by atoms with E-state index in [1.165, 1.54) is 11.1 Å². The number of rotatable bonds is 5. The maximum absolute atomic E-state index is 3.77. The first kappa shape index (κ1) is 11.0. The predicted molar refractivity (Wildman–Crippen MR) is 57.1 cm³/mol. The normalized spacial score (nSPS) is 12.8. The number of allylic oxidation sites excluding steroid dienone is 6. The van der Waals surface area contributed by atoms with Crippen LogP contribution in [0.15, 0.2) is 48.6 Å². The van der Waals surface area contributed by atoms with Crippen molar-refractivity contribution in [3.05, 3.63) is 48.6 Å². The smallest absolute Gasteiger partial charge is 0.0234 e. The van der Waals surface area contributed by atoms with Gasteiger partial charge in [0.2, 0.25) is 0 Å². The van der Waals surface area contributed by atoms with Gasteiger partial charge in [-0.25, -0.2) is 0 Å². The van der Waals surface area contributed by atoms with Crippen molar-refractivity contribution in [1.82, 2.24) is 0 Å². The summed E-state index contributed by atoms with van der Waals surface area (Å²) in [5.41, 5.74) is 2.54. The van der Waals surface area contributed by atoms with E-state index in [0.717, 1.165) is 12.8 Å². The summed E-state index contributed by atoms with van der Waals surface area (Å²) in [4.78, 5) is 0. The maximum atomic E-state index is 3.77.